The van der Waals surface area contributed by atoms with Gasteiger partial charge in [0.15, 0.2) is 0 Å². The summed E-state index contributed by atoms with van der Waals surface area (Å²) in [5.74, 6) is -0.734. The first kappa shape index (κ1) is 34.8. The van der Waals surface area contributed by atoms with E-state index < -0.39 is 23.8 Å². The summed E-state index contributed by atoms with van der Waals surface area (Å²) < 4.78 is 5.53. The fraction of sp³-hybridized carbons (Fsp3) is 0.571. The summed E-state index contributed by atoms with van der Waals surface area (Å²) in [5, 5.41) is 5.99. The van der Waals surface area contributed by atoms with Crippen molar-refractivity contribution in [2.45, 2.75) is 118 Å². The lowest BCUT2D eigenvalue weighted by Crippen LogP contribution is -2.55. The highest BCUT2D eigenvalue weighted by atomic mass is 16.6. The monoisotopic (exact) mass is 579 g/mol. The molecule has 3 amide bonds. The number of benzene rings is 2. The van der Waals surface area contributed by atoms with Gasteiger partial charge in [-0.1, -0.05) is 108 Å². The van der Waals surface area contributed by atoms with Crippen LogP contribution >= 0.6 is 0 Å². The number of anilines is 1. The van der Waals surface area contributed by atoms with Crippen LogP contribution in [0.3, 0.4) is 0 Å². The summed E-state index contributed by atoms with van der Waals surface area (Å²) in [5.41, 5.74) is 2.67. The molecule has 2 aromatic rings. The number of carbonyl (C=O) groups is 3. The first-order valence-corrected chi connectivity index (χ1v) is 15.6. The van der Waals surface area contributed by atoms with E-state index in [0.717, 1.165) is 54.5 Å². The highest BCUT2D eigenvalue weighted by Crippen LogP contribution is 2.28. The molecule has 3 unspecified atom stereocenters. The van der Waals surface area contributed by atoms with E-state index in [2.05, 4.69) is 17.6 Å². The van der Waals surface area contributed by atoms with E-state index in [9.17, 15) is 14.4 Å². The number of para-hydroxylation sites is 1. The zero-order valence-electron chi connectivity index (χ0n) is 27.1. The van der Waals surface area contributed by atoms with Crippen molar-refractivity contribution in [2.75, 3.05) is 11.9 Å². The standard InChI is InChI=1S/C35H53N3O4/c1-9-11-12-13-14-18-24-38(33(40)30(25(3)10-2)37-34(41)42-35(6,7)8)31(28-22-16-15-17-23-28)32(39)36-29-26(4)20-19-21-27(29)5/h15-17,19-23,25,30-31H,9-14,18,24H2,1-8H3,(H,36,39)(H,37,41). The molecular weight excluding hydrogens is 526 g/mol. The topological polar surface area (TPSA) is 87.7 Å². The summed E-state index contributed by atoms with van der Waals surface area (Å²) >= 11 is 0. The van der Waals surface area contributed by atoms with Crippen molar-refractivity contribution in [3.63, 3.8) is 0 Å². The van der Waals surface area contributed by atoms with Crippen LogP contribution in [0.5, 0.6) is 0 Å². The number of alkyl carbamates (subject to hydrolysis) is 1. The maximum absolute atomic E-state index is 14.5. The summed E-state index contributed by atoms with van der Waals surface area (Å²) in [4.78, 5) is 43.2. The quantitative estimate of drug-likeness (QED) is 0.209. The lowest BCUT2D eigenvalue weighted by Gasteiger charge is -2.36. The van der Waals surface area contributed by atoms with Crippen LogP contribution in [0.1, 0.15) is 109 Å². The molecule has 7 heteroatoms. The fourth-order valence-electron chi connectivity index (χ4n) is 5.04. The predicted octanol–water partition coefficient (Wildman–Crippen LogP) is 8.11. The molecule has 42 heavy (non-hydrogen) atoms. The highest BCUT2D eigenvalue weighted by molar-refractivity contribution is 6.00. The summed E-state index contributed by atoms with van der Waals surface area (Å²) in [6.45, 7) is 15.8. The molecule has 2 aromatic carbocycles. The molecule has 2 rings (SSSR count). The molecule has 2 N–H and O–H groups in total. The number of rotatable bonds is 15. The molecule has 0 heterocycles. The maximum Gasteiger partial charge on any atom is 0.408 e. The second-order valence-corrected chi connectivity index (χ2v) is 12.4. The third kappa shape index (κ3) is 10.8. The minimum atomic E-state index is -0.875. The first-order valence-electron chi connectivity index (χ1n) is 15.6. The van der Waals surface area contributed by atoms with Crippen molar-refractivity contribution < 1.29 is 19.1 Å². The number of unbranched alkanes of at least 4 members (excludes halogenated alkanes) is 5. The molecule has 0 fully saturated rings. The second kappa shape index (κ2) is 16.9. The van der Waals surface area contributed by atoms with E-state index in [-0.39, 0.29) is 17.7 Å². The van der Waals surface area contributed by atoms with Crippen molar-refractivity contribution in [2.24, 2.45) is 5.92 Å². The van der Waals surface area contributed by atoms with E-state index in [1.165, 1.54) is 6.42 Å². The maximum atomic E-state index is 14.5. The molecule has 0 radical (unpaired) electrons. The molecule has 0 saturated heterocycles. The average molecular weight is 580 g/mol. The van der Waals surface area contributed by atoms with E-state index in [1.807, 2.05) is 76.2 Å². The Morgan fingerprint density at radius 2 is 1.45 bits per heavy atom. The van der Waals surface area contributed by atoms with Crippen molar-refractivity contribution >= 4 is 23.6 Å². The molecule has 0 aromatic heterocycles. The smallest absolute Gasteiger partial charge is 0.408 e. The third-order valence-corrected chi connectivity index (χ3v) is 7.59. The summed E-state index contributed by atoms with van der Waals surface area (Å²) in [6.07, 6.45) is 6.31. The normalized spacial score (nSPS) is 13.5. The van der Waals surface area contributed by atoms with Crippen molar-refractivity contribution in [1.29, 1.82) is 0 Å². The minimum absolute atomic E-state index is 0.171. The molecule has 232 valence electrons. The van der Waals surface area contributed by atoms with E-state index in [0.29, 0.717) is 13.0 Å². The van der Waals surface area contributed by atoms with Gasteiger partial charge in [-0.3, -0.25) is 9.59 Å². The molecule has 7 nitrogen and oxygen atoms in total. The zero-order valence-corrected chi connectivity index (χ0v) is 27.1. The number of nitrogens with one attached hydrogen (secondary N) is 2. The van der Waals surface area contributed by atoms with Crippen LogP contribution < -0.4 is 10.6 Å². The van der Waals surface area contributed by atoms with E-state index >= 15 is 0 Å². The number of nitrogens with zero attached hydrogens (tertiary/aromatic N) is 1. The first-order chi connectivity index (χ1) is 19.9. The number of carbonyl (C=O) groups excluding carboxylic acids is 3. The van der Waals surface area contributed by atoms with Gasteiger partial charge in [0, 0.05) is 12.2 Å². The predicted molar refractivity (Wildman–Crippen MR) is 171 cm³/mol. The van der Waals surface area contributed by atoms with E-state index in [4.69, 9.17) is 4.74 Å². The Hall–Kier alpha value is -3.35. The Balaban J connectivity index is 2.52. The van der Waals surface area contributed by atoms with Crippen LogP contribution in [0.4, 0.5) is 10.5 Å². The van der Waals surface area contributed by atoms with Crippen molar-refractivity contribution in [3.8, 4) is 0 Å². The summed E-state index contributed by atoms with van der Waals surface area (Å²) in [7, 11) is 0. The Morgan fingerprint density at radius 1 is 0.857 bits per heavy atom. The lowest BCUT2D eigenvalue weighted by atomic mass is 9.95. The van der Waals surface area contributed by atoms with Crippen LogP contribution in [0, 0.1) is 19.8 Å². The third-order valence-electron chi connectivity index (χ3n) is 7.59. The highest BCUT2D eigenvalue weighted by Gasteiger charge is 2.38. The van der Waals surface area contributed by atoms with Gasteiger partial charge in [-0.15, -0.1) is 0 Å². The lowest BCUT2D eigenvalue weighted by molar-refractivity contribution is -0.142. The second-order valence-electron chi connectivity index (χ2n) is 12.4. The van der Waals surface area contributed by atoms with Gasteiger partial charge in [0.1, 0.15) is 17.7 Å². The van der Waals surface area contributed by atoms with Gasteiger partial charge < -0.3 is 20.3 Å². The van der Waals surface area contributed by atoms with Gasteiger partial charge in [0.25, 0.3) is 5.91 Å². The van der Waals surface area contributed by atoms with Crippen molar-refractivity contribution in [3.05, 3.63) is 65.2 Å². The van der Waals surface area contributed by atoms with Gasteiger partial charge >= 0.3 is 6.09 Å². The molecule has 0 saturated carbocycles. The molecule has 0 aliphatic rings. The number of hydrogen-bond donors (Lipinski definition) is 2. The fourth-order valence-corrected chi connectivity index (χ4v) is 5.04. The molecule has 0 spiro atoms. The Kier molecular flexibility index (Phi) is 14.1. The van der Waals surface area contributed by atoms with Gasteiger partial charge in [0.05, 0.1) is 0 Å². The van der Waals surface area contributed by atoms with Crippen LogP contribution in [0.2, 0.25) is 0 Å². The minimum Gasteiger partial charge on any atom is -0.444 e. The molecule has 0 bridgehead atoms. The molecule has 0 aliphatic heterocycles. The summed E-state index contributed by atoms with van der Waals surface area (Å²) in [6, 6.07) is 13.6. The SMILES string of the molecule is CCCCCCCCN(C(=O)C(NC(=O)OC(C)(C)C)C(C)CC)C(C(=O)Nc1c(C)cccc1C)c1ccccc1. The number of hydrogen-bond acceptors (Lipinski definition) is 4. The molecule has 0 aliphatic carbocycles. The van der Waals surface area contributed by atoms with Gasteiger partial charge in [0.2, 0.25) is 5.91 Å². The number of ether oxygens (including phenoxy) is 1. The van der Waals surface area contributed by atoms with Crippen LogP contribution in [0.15, 0.2) is 48.5 Å². The number of amides is 3. The Labute approximate surface area is 253 Å². The Morgan fingerprint density at radius 3 is 2.02 bits per heavy atom. The molecule has 3 atom stereocenters. The van der Waals surface area contributed by atoms with Crippen LogP contribution in [0.25, 0.3) is 0 Å². The van der Waals surface area contributed by atoms with Gasteiger partial charge in [-0.05, 0) is 63.6 Å². The van der Waals surface area contributed by atoms with Gasteiger partial charge in [-0.2, -0.15) is 0 Å². The van der Waals surface area contributed by atoms with Crippen molar-refractivity contribution in [1.82, 2.24) is 10.2 Å². The average Bonchev–Trinajstić information content (AvgIpc) is 2.93. The molecular formula is C35H53N3O4. The largest absolute Gasteiger partial charge is 0.444 e. The van der Waals surface area contributed by atoms with Crippen LogP contribution in [-0.2, 0) is 14.3 Å². The number of aryl methyl sites for hydroxylation is 2. The Bertz CT molecular complexity index is 1120. The van der Waals surface area contributed by atoms with Crippen LogP contribution in [-0.4, -0.2) is 41.0 Å². The van der Waals surface area contributed by atoms with E-state index in [1.54, 1.807) is 25.7 Å². The van der Waals surface area contributed by atoms with Gasteiger partial charge in [-0.25, -0.2) is 4.79 Å². The zero-order chi connectivity index (χ0) is 31.3.